The third kappa shape index (κ3) is 5.18. The predicted octanol–water partition coefficient (Wildman–Crippen LogP) is 4.05. The highest BCUT2D eigenvalue weighted by Gasteiger charge is 2.27. The van der Waals surface area contributed by atoms with Crippen molar-refractivity contribution in [2.24, 2.45) is 17.8 Å². The Balaban J connectivity index is 1.44. The molecule has 3 rings (SSSR count). The van der Waals surface area contributed by atoms with Gasteiger partial charge in [-0.05, 0) is 55.2 Å². The molecule has 2 amide bonds. The molecule has 0 aliphatic carbocycles. The number of nitrogens with one attached hydrogen (secondary N) is 1. The number of piperidine rings is 2. The Morgan fingerprint density at radius 3 is 2.52 bits per heavy atom. The summed E-state index contributed by atoms with van der Waals surface area (Å²) < 4.78 is 13.2. The fourth-order valence-electron chi connectivity index (χ4n) is 4.39. The van der Waals surface area contributed by atoms with Crippen LogP contribution in [0, 0.1) is 23.6 Å². The van der Waals surface area contributed by atoms with Crippen molar-refractivity contribution in [3.63, 3.8) is 0 Å². The Labute approximate surface area is 150 Å². The Hall–Kier alpha value is -1.62. The molecule has 25 heavy (non-hydrogen) atoms. The number of urea groups is 1. The number of anilines is 1. The average Bonchev–Trinajstić information content (AvgIpc) is 2.54. The molecule has 0 aromatic heterocycles. The predicted molar refractivity (Wildman–Crippen MR) is 99.1 cm³/mol. The third-order valence-electron chi connectivity index (χ3n) is 5.44. The zero-order valence-electron chi connectivity index (χ0n) is 15.4. The van der Waals surface area contributed by atoms with Gasteiger partial charge in [-0.3, -0.25) is 0 Å². The lowest BCUT2D eigenvalue weighted by Crippen LogP contribution is -2.46. The van der Waals surface area contributed by atoms with E-state index in [-0.39, 0.29) is 11.8 Å². The first-order valence-corrected chi connectivity index (χ1v) is 9.53. The molecule has 2 saturated heterocycles. The van der Waals surface area contributed by atoms with Crippen LogP contribution in [0.5, 0.6) is 0 Å². The van der Waals surface area contributed by atoms with E-state index in [0.717, 1.165) is 44.3 Å². The number of halogens is 1. The molecule has 2 aliphatic heterocycles. The third-order valence-corrected chi connectivity index (χ3v) is 5.44. The second kappa shape index (κ2) is 8.17. The highest BCUT2D eigenvalue weighted by molar-refractivity contribution is 5.89. The van der Waals surface area contributed by atoms with Crippen LogP contribution in [0.15, 0.2) is 24.3 Å². The van der Waals surface area contributed by atoms with Gasteiger partial charge in [0.25, 0.3) is 0 Å². The van der Waals surface area contributed by atoms with Gasteiger partial charge in [0.1, 0.15) is 5.82 Å². The minimum absolute atomic E-state index is 0.121. The molecule has 0 bridgehead atoms. The lowest BCUT2D eigenvalue weighted by atomic mass is 9.89. The maximum absolute atomic E-state index is 13.2. The second-order valence-corrected chi connectivity index (χ2v) is 8.04. The van der Waals surface area contributed by atoms with Crippen LogP contribution in [0.3, 0.4) is 0 Å². The maximum Gasteiger partial charge on any atom is 0.321 e. The molecular formula is C20H30FN3O. The van der Waals surface area contributed by atoms with Gasteiger partial charge in [0.2, 0.25) is 0 Å². The monoisotopic (exact) mass is 347 g/mol. The van der Waals surface area contributed by atoms with E-state index < -0.39 is 0 Å². The number of carbonyl (C=O) groups excluding carboxylic acids is 1. The van der Waals surface area contributed by atoms with E-state index >= 15 is 0 Å². The number of nitrogens with zero attached hydrogens (tertiary/aromatic N) is 2. The van der Waals surface area contributed by atoms with E-state index in [4.69, 9.17) is 0 Å². The highest BCUT2D eigenvalue weighted by atomic mass is 19.1. The minimum atomic E-state index is -0.332. The lowest BCUT2D eigenvalue weighted by molar-refractivity contribution is 0.101. The van der Waals surface area contributed by atoms with Crippen molar-refractivity contribution in [1.82, 2.24) is 9.80 Å². The van der Waals surface area contributed by atoms with E-state index in [1.165, 1.54) is 31.6 Å². The number of rotatable bonds is 3. The van der Waals surface area contributed by atoms with Crippen molar-refractivity contribution >= 4 is 11.7 Å². The lowest BCUT2D eigenvalue weighted by Gasteiger charge is -2.39. The van der Waals surface area contributed by atoms with Crippen molar-refractivity contribution in [2.75, 3.05) is 38.0 Å². The van der Waals surface area contributed by atoms with Crippen LogP contribution in [0.25, 0.3) is 0 Å². The number of carbonyl (C=O) groups is 1. The van der Waals surface area contributed by atoms with Crippen molar-refractivity contribution < 1.29 is 9.18 Å². The molecule has 2 atom stereocenters. The van der Waals surface area contributed by atoms with Crippen LogP contribution in [-0.2, 0) is 0 Å². The number of benzene rings is 1. The Morgan fingerprint density at radius 2 is 1.88 bits per heavy atom. The van der Waals surface area contributed by atoms with Crippen molar-refractivity contribution in [2.45, 2.75) is 33.1 Å². The maximum atomic E-state index is 13.2. The molecular weight excluding hydrogens is 317 g/mol. The van der Waals surface area contributed by atoms with Gasteiger partial charge in [0.15, 0.2) is 0 Å². The fourth-order valence-corrected chi connectivity index (χ4v) is 4.39. The second-order valence-electron chi connectivity index (χ2n) is 8.04. The van der Waals surface area contributed by atoms with Crippen LogP contribution >= 0.6 is 0 Å². The summed E-state index contributed by atoms with van der Waals surface area (Å²) in [5.41, 5.74) is 0.517. The largest absolute Gasteiger partial charge is 0.325 e. The molecule has 2 heterocycles. The van der Waals surface area contributed by atoms with E-state index in [9.17, 15) is 9.18 Å². The Morgan fingerprint density at radius 1 is 1.20 bits per heavy atom. The van der Waals surface area contributed by atoms with E-state index in [1.807, 2.05) is 4.90 Å². The summed E-state index contributed by atoms with van der Waals surface area (Å²) in [6.45, 7) is 9.85. The van der Waals surface area contributed by atoms with E-state index in [2.05, 4.69) is 24.1 Å². The summed E-state index contributed by atoms with van der Waals surface area (Å²) in [6.07, 6.45) is 3.45. The van der Waals surface area contributed by atoms with Gasteiger partial charge in [-0.25, -0.2) is 9.18 Å². The zero-order chi connectivity index (χ0) is 17.8. The Kier molecular flexibility index (Phi) is 5.94. The molecule has 0 saturated carbocycles. The fraction of sp³-hybridized carbons (Fsp3) is 0.650. The van der Waals surface area contributed by atoms with Gasteiger partial charge in [-0.1, -0.05) is 19.9 Å². The van der Waals surface area contributed by atoms with Gasteiger partial charge in [0, 0.05) is 38.4 Å². The van der Waals surface area contributed by atoms with E-state index in [0.29, 0.717) is 11.6 Å². The molecule has 1 N–H and O–H groups in total. The summed E-state index contributed by atoms with van der Waals surface area (Å²) in [4.78, 5) is 16.8. The van der Waals surface area contributed by atoms with Gasteiger partial charge >= 0.3 is 6.03 Å². The molecule has 0 spiro atoms. The summed E-state index contributed by atoms with van der Waals surface area (Å²) in [7, 11) is 0. The molecule has 138 valence electrons. The highest BCUT2D eigenvalue weighted by Crippen LogP contribution is 2.25. The minimum Gasteiger partial charge on any atom is -0.325 e. The topological polar surface area (TPSA) is 35.6 Å². The van der Waals surface area contributed by atoms with E-state index in [1.54, 1.807) is 12.1 Å². The summed E-state index contributed by atoms with van der Waals surface area (Å²) in [5, 5.41) is 2.80. The molecule has 1 aromatic rings. The quantitative estimate of drug-likeness (QED) is 0.895. The van der Waals surface area contributed by atoms with Crippen LogP contribution < -0.4 is 5.32 Å². The van der Waals surface area contributed by atoms with Gasteiger partial charge < -0.3 is 15.1 Å². The average molecular weight is 347 g/mol. The first-order valence-electron chi connectivity index (χ1n) is 9.53. The summed E-state index contributed by atoms with van der Waals surface area (Å²) in [6, 6.07) is 5.93. The standard InChI is InChI=1S/C20H30FN3O/c1-15-10-16(2)13-23(12-15)14-17-6-8-24(9-7-17)20(25)22-19-5-3-4-18(21)11-19/h3-5,11,15-17H,6-10,12-14H2,1-2H3,(H,22,25)/t15-,16-/m0/s1. The molecule has 4 nitrogen and oxygen atoms in total. The van der Waals surface area contributed by atoms with Crippen LogP contribution in [-0.4, -0.2) is 48.6 Å². The number of amides is 2. The smallest absolute Gasteiger partial charge is 0.321 e. The summed E-state index contributed by atoms with van der Waals surface area (Å²) >= 11 is 0. The van der Waals surface area contributed by atoms with Crippen molar-refractivity contribution in [3.05, 3.63) is 30.1 Å². The van der Waals surface area contributed by atoms with Crippen LogP contribution in [0.2, 0.25) is 0 Å². The molecule has 0 unspecified atom stereocenters. The molecule has 5 heteroatoms. The molecule has 2 fully saturated rings. The van der Waals surface area contributed by atoms with Gasteiger partial charge in [-0.15, -0.1) is 0 Å². The molecule has 1 aromatic carbocycles. The zero-order valence-corrected chi connectivity index (χ0v) is 15.4. The Bertz CT molecular complexity index is 576. The number of hydrogen-bond donors (Lipinski definition) is 1. The summed E-state index contributed by atoms with van der Waals surface area (Å²) in [5.74, 6) is 1.93. The van der Waals surface area contributed by atoms with Crippen LogP contribution in [0.1, 0.15) is 33.1 Å². The number of likely N-dealkylation sites (tertiary alicyclic amines) is 2. The molecule has 0 radical (unpaired) electrons. The SMILES string of the molecule is C[C@H]1C[C@H](C)CN(CC2CCN(C(=O)Nc3cccc(F)c3)CC2)C1. The van der Waals surface area contributed by atoms with Crippen molar-refractivity contribution in [3.8, 4) is 0 Å². The number of hydrogen-bond acceptors (Lipinski definition) is 2. The van der Waals surface area contributed by atoms with Gasteiger partial charge in [-0.2, -0.15) is 0 Å². The van der Waals surface area contributed by atoms with Crippen molar-refractivity contribution in [1.29, 1.82) is 0 Å². The first kappa shape index (κ1) is 18.2. The normalized spacial score (nSPS) is 25.8. The van der Waals surface area contributed by atoms with Gasteiger partial charge in [0.05, 0.1) is 0 Å². The van der Waals surface area contributed by atoms with Crippen LogP contribution in [0.4, 0.5) is 14.9 Å². The first-order chi connectivity index (χ1) is 12.0. The molecule has 2 aliphatic rings.